The van der Waals surface area contributed by atoms with E-state index in [0.717, 1.165) is 25.3 Å². The van der Waals surface area contributed by atoms with Crippen LogP contribution in [0.2, 0.25) is 0 Å². The number of ether oxygens (including phenoxy) is 1. The van der Waals surface area contributed by atoms with Gasteiger partial charge in [0.2, 0.25) is 5.91 Å². The summed E-state index contributed by atoms with van der Waals surface area (Å²) in [5.74, 6) is 0.691. The zero-order valence-corrected chi connectivity index (χ0v) is 13.9. The van der Waals surface area contributed by atoms with Gasteiger partial charge in [-0.1, -0.05) is 25.1 Å². The Morgan fingerprint density at radius 3 is 2.77 bits per heavy atom. The van der Waals surface area contributed by atoms with Gasteiger partial charge in [-0.2, -0.15) is 0 Å². The predicted octanol–water partition coefficient (Wildman–Crippen LogP) is 3.61. The van der Waals surface area contributed by atoms with E-state index in [0.29, 0.717) is 12.2 Å². The van der Waals surface area contributed by atoms with E-state index < -0.39 is 0 Å². The standard InChI is InChI=1S/C17H22N2O2S/c1-3-19(13-14-7-6-12-22-14)11-10-17(20)18-15-8-4-5-9-16(15)21-2/h4-9,12H,3,10-11,13H2,1-2H3,(H,18,20). The van der Waals surface area contributed by atoms with Gasteiger partial charge in [-0.25, -0.2) is 0 Å². The minimum absolute atomic E-state index is 0.00845. The Morgan fingerprint density at radius 1 is 1.27 bits per heavy atom. The third-order valence-corrected chi connectivity index (χ3v) is 4.30. The van der Waals surface area contributed by atoms with Gasteiger partial charge in [0.25, 0.3) is 0 Å². The van der Waals surface area contributed by atoms with E-state index >= 15 is 0 Å². The molecule has 0 aliphatic rings. The molecule has 1 aromatic carbocycles. The summed E-state index contributed by atoms with van der Waals surface area (Å²) in [7, 11) is 1.60. The first-order chi connectivity index (χ1) is 10.7. The third kappa shape index (κ3) is 4.86. The van der Waals surface area contributed by atoms with Crippen molar-refractivity contribution in [3.05, 3.63) is 46.7 Å². The summed E-state index contributed by atoms with van der Waals surface area (Å²) < 4.78 is 5.24. The number of anilines is 1. The fourth-order valence-electron chi connectivity index (χ4n) is 2.19. The highest BCUT2D eigenvalue weighted by Gasteiger charge is 2.10. The van der Waals surface area contributed by atoms with Crippen LogP contribution in [0, 0.1) is 0 Å². The molecule has 1 heterocycles. The van der Waals surface area contributed by atoms with Crippen LogP contribution in [-0.4, -0.2) is 31.0 Å². The minimum Gasteiger partial charge on any atom is -0.495 e. The molecular formula is C17H22N2O2S. The molecule has 0 spiro atoms. The molecule has 1 amide bonds. The quantitative estimate of drug-likeness (QED) is 0.808. The Balaban J connectivity index is 1.83. The van der Waals surface area contributed by atoms with E-state index in [4.69, 9.17) is 4.74 Å². The summed E-state index contributed by atoms with van der Waals surface area (Å²) in [6.45, 7) is 4.69. The highest BCUT2D eigenvalue weighted by Crippen LogP contribution is 2.23. The molecule has 2 rings (SSSR count). The molecule has 0 saturated heterocycles. The van der Waals surface area contributed by atoms with E-state index in [-0.39, 0.29) is 5.91 Å². The molecule has 2 aromatic rings. The van der Waals surface area contributed by atoms with Crippen LogP contribution >= 0.6 is 11.3 Å². The second-order valence-corrected chi connectivity index (χ2v) is 5.98. The maximum Gasteiger partial charge on any atom is 0.225 e. The van der Waals surface area contributed by atoms with Gasteiger partial charge in [0.15, 0.2) is 0 Å². The lowest BCUT2D eigenvalue weighted by Crippen LogP contribution is -2.27. The van der Waals surface area contributed by atoms with E-state index in [1.807, 2.05) is 24.3 Å². The molecule has 1 aromatic heterocycles. The van der Waals surface area contributed by atoms with Crippen LogP contribution < -0.4 is 10.1 Å². The first kappa shape index (κ1) is 16.5. The number of rotatable bonds is 8. The number of carbonyl (C=O) groups is 1. The van der Waals surface area contributed by atoms with Gasteiger partial charge in [-0.05, 0) is 30.1 Å². The molecule has 0 aliphatic heterocycles. The van der Waals surface area contributed by atoms with E-state index in [1.54, 1.807) is 18.4 Å². The number of carbonyl (C=O) groups excluding carboxylic acids is 1. The third-order valence-electron chi connectivity index (χ3n) is 3.44. The zero-order chi connectivity index (χ0) is 15.8. The van der Waals surface area contributed by atoms with Crippen molar-refractivity contribution in [2.24, 2.45) is 0 Å². The van der Waals surface area contributed by atoms with Crippen molar-refractivity contribution in [3.63, 3.8) is 0 Å². The molecule has 5 heteroatoms. The van der Waals surface area contributed by atoms with Gasteiger partial charge < -0.3 is 10.1 Å². The molecule has 118 valence electrons. The minimum atomic E-state index is 0.00845. The largest absolute Gasteiger partial charge is 0.495 e. The number of thiophene rings is 1. The highest BCUT2D eigenvalue weighted by molar-refractivity contribution is 7.09. The average molecular weight is 318 g/mol. The number of hydrogen-bond donors (Lipinski definition) is 1. The molecule has 4 nitrogen and oxygen atoms in total. The van der Waals surface area contributed by atoms with Crippen LogP contribution in [0.5, 0.6) is 5.75 Å². The first-order valence-corrected chi connectivity index (χ1v) is 8.28. The smallest absolute Gasteiger partial charge is 0.225 e. The number of nitrogens with one attached hydrogen (secondary N) is 1. The Bertz CT molecular complexity index is 584. The van der Waals surface area contributed by atoms with Crippen LogP contribution in [0.3, 0.4) is 0 Å². The summed E-state index contributed by atoms with van der Waals surface area (Å²) in [5, 5.41) is 4.99. The van der Waals surface area contributed by atoms with Crippen molar-refractivity contribution in [2.75, 3.05) is 25.5 Å². The topological polar surface area (TPSA) is 41.6 Å². The monoisotopic (exact) mass is 318 g/mol. The maximum absolute atomic E-state index is 12.1. The number of para-hydroxylation sites is 2. The molecule has 0 unspecified atom stereocenters. The van der Waals surface area contributed by atoms with E-state index in [1.165, 1.54) is 4.88 Å². The van der Waals surface area contributed by atoms with Crippen molar-refractivity contribution < 1.29 is 9.53 Å². The zero-order valence-electron chi connectivity index (χ0n) is 13.0. The first-order valence-electron chi connectivity index (χ1n) is 7.40. The SMILES string of the molecule is CCN(CCC(=O)Nc1ccccc1OC)Cc1cccs1. The van der Waals surface area contributed by atoms with Gasteiger partial charge in [0, 0.05) is 24.4 Å². The lowest BCUT2D eigenvalue weighted by molar-refractivity contribution is -0.116. The molecule has 0 atom stereocenters. The molecule has 22 heavy (non-hydrogen) atoms. The number of nitrogens with zero attached hydrogens (tertiary/aromatic N) is 1. The van der Waals surface area contributed by atoms with E-state index in [2.05, 4.69) is 34.7 Å². The van der Waals surface area contributed by atoms with Crippen molar-refractivity contribution in [1.29, 1.82) is 0 Å². The highest BCUT2D eigenvalue weighted by atomic mass is 32.1. The van der Waals surface area contributed by atoms with Crippen LogP contribution in [0.4, 0.5) is 5.69 Å². The van der Waals surface area contributed by atoms with Gasteiger partial charge in [0.05, 0.1) is 12.8 Å². The Labute approximate surface area is 135 Å². The number of hydrogen-bond acceptors (Lipinski definition) is 4. The van der Waals surface area contributed by atoms with Crippen LogP contribution in [-0.2, 0) is 11.3 Å². The maximum atomic E-state index is 12.1. The molecule has 0 bridgehead atoms. The van der Waals surface area contributed by atoms with Crippen molar-refractivity contribution in [1.82, 2.24) is 4.90 Å². The van der Waals surface area contributed by atoms with Crippen molar-refractivity contribution >= 4 is 22.9 Å². The average Bonchev–Trinajstić information content (AvgIpc) is 3.05. The van der Waals surface area contributed by atoms with Gasteiger partial charge in [-0.3, -0.25) is 9.69 Å². The predicted molar refractivity (Wildman–Crippen MR) is 91.5 cm³/mol. The van der Waals surface area contributed by atoms with Crippen molar-refractivity contribution in [2.45, 2.75) is 19.9 Å². The second kappa shape index (κ2) is 8.56. The lowest BCUT2D eigenvalue weighted by Gasteiger charge is -2.19. The normalized spacial score (nSPS) is 10.7. The lowest BCUT2D eigenvalue weighted by atomic mass is 10.2. The summed E-state index contributed by atoms with van der Waals surface area (Å²) >= 11 is 1.75. The molecule has 0 fully saturated rings. The van der Waals surface area contributed by atoms with Crippen LogP contribution in [0.1, 0.15) is 18.2 Å². The summed E-state index contributed by atoms with van der Waals surface area (Å²) in [6, 6.07) is 11.6. The molecule has 0 aliphatic carbocycles. The van der Waals surface area contributed by atoms with Crippen LogP contribution in [0.25, 0.3) is 0 Å². The van der Waals surface area contributed by atoms with Gasteiger partial charge in [-0.15, -0.1) is 11.3 Å². The Hall–Kier alpha value is -1.85. The Kier molecular flexibility index (Phi) is 6.43. The number of benzene rings is 1. The van der Waals surface area contributed by atoms with Gasteiger partial charge in [0.1, 0.15) is 5.75 Å². The fraction of sp³-hybridized carbons (Fsp3) is 0.353. The molecule has 1 N–H and O–H groups in total. The summed E-state index contributed by atoms with van der Waals surface area (Å²) in [5.41, 5.74) is 0.719. The fourth-order valence-corrected chi connectivity index (χ4v) is 2.94. The molecule has 0 radical (unpaired) electrons. The van der Waals surface area contributed by atoms with Crippen molar-refractivity contribution in [3.8, 4) is 5.75 Å². The number of methoxy groups -OCH3 is 1. The van der Waals surface area contributed by atoms with Gasteiger partial charge >= 0.3 is 0 Å². The Morgan fingerprint density at radius 2 is 2.09 bits per heavy atom. The van der Waals surface area contributed by atoms with Crippen LogP contribution in [0.15, 0.2) is 41.8 Å². The summed E-state index contributed by atoms with van der Waals surface area (Å²) in [6.07, 6.45) is 0.470. The molecular weight excluding hydrogens is 296 g/mol. The number of amides is 1. The molecule has 0 saturated carbocycles. The summed E-state index contributed by atoms with van der Waals surface area (Å²) in [4.78, 5) is 15.7. The van der Waals surface area contributed by atoms with E-state index in [9.17, 15) is 4.79 Å². The second-order valence-electron chi connectivity index (χ2n) is 4.95.